The first-order valence-corrected chi connectivity index (χ1v) is 8.76. The molecule has 8 nitrogen and oxygen atoms in total. The number of carbonyl (C=O) groups excluding carboxylic acids is 1. The van der Waals surface area contributed by atoms with Crippen LogP contribution in [0, 0.1) is 27.7 Å². The van der Waals surface area contributed by atoms with Crippen molar-refractivity contribution in [2.45, 2.75) is 47.3 Å². The van der Waals surface area contributed by atoms with Gasteiger partial charge in [-0.3, -0.25) is 14.2 Å². The highest BCUT2D eigenvalue weighted by atomic mass is 16.1. The maximum absolute atomic E-state index is 12.2. The van der Waals surface area contributed by atoms with Gasteiger partial charge in [-0.15, -0.1) is 0 Å². The fourth-order valence-corrected chi connectivity index (χ4v) is 2.94. The Labute approximate surface area is 152 Å². The molecule has 8 heteroatoms. The number of amides is 1. The fraction of sp³-hybridized carbons (Fsp3) is 0.444. The molecule has 0 aliphatic rings. The molecule has 3 heterocycles. The molecule has 3 rings (SSSR count). The normalized spacial score (nSPS) is 11.1. The molecule has 0 fully saturated rings. The lowest BCUT2D eigenvalue weighted by atomic mass is 10.3. The third-order valence-electron chi connectivity index (χ3n) is 4.19. The van der Waals surface area contributed by atoms with E-state index in [0.29, 0.717) is 18.9 Å². The lowest BCUT2D eigenvalue weighted by Gasteiger charge is -2.06. The molecule has 138 valence electrons. The number of rotatable bonds is 7. The Kier molecular flexibility index (Phi) is 5.20. The Balaban J connectivity index is 1.48. The zero-order chi connectivity index (χ0) is 18.7. The second-order valence-electron chi connectivity index (χ2n) is 6.57. The largest absolute Gasteiger partial charge is 0.351 e. The molecule has 3 aromatic rings. The first kappa shape index (κ1) is 17.9. The quantitative estimate of drug-likeness (QED) is 0.656. The molecule has 0 saturated heterocycles. The van der Waals surface area contributed by atoms with Gasteiger partial charge in [-0.2, -0.15) is 15.3 Å². The van der Waals surface area contributed by atoms with Crippen LogP contribution >= 0.6 is 0 Å². The van der Waals surface area contributed by atoms with Gasteiger partial charge >= 0.3 is 0 Å². The number of aryl methyl sites for hydroxylation is 5. The first-order chi connectivity index (χ1) is 12.4. The second-order valence-corrected chi connectivity index (χ2v) is 6.57. The van der Waals surface area contributed by atoms with Crippen molar-refractivity contribution in [2.24, 2.45) is 0 Å². The summed E-state index contributed by atoms with van der Waals surface area (Å²) in [6, 6.07) is 5.79. The van der Waals surface area contributed by atoms with Crippen LogP contribution in [0.1, 0.15) is 39.7 Å². The Morgan fingerprint density at radius 2 is 1.65 bits per heavy atom. The van der Waals surface area contributed by atoms with E-state index in [-0.39, 0.29) is 5.91 Å². The smallest absolute Gasteiger partial charge is 0.271 e. The van der Waals surface area contributed by atoms with Crippen LogP contribution in [-0.4, -0.2) is 41.8 Å². The van der Waals surface area contributed by atoms with E-state index in [1.165, 1.54) is 0 Å². The van der Waals surface area contributed by atoms with Crippen molar-refractivity contribution in [3.63, 3.8) is 0 Å². The van der Waals surface area contributed by atoms with Gasteiger partial charge < -0.3 is 5.32 Å². The molecular weight excluding hydrogens is 330 g/mol. The second kappa shape index (κ2) is 7.55. The van der Waals surface area contributed by atoms with Crippen molar-refractivity contribution in [1.82, 2.24) is 34.7 Å². The summed E-state index contributed by atoms with van der Waals surface area (Å²) in [5.41, 5.74) is 4.59. The van der Waals surface area contributed by atoms with Crippen molar-refractivity contribution in [1.29, 1.82) is 0 Å². The summed E-state index contributed by atoms with van der Waals surface area (Å²) in [5.74, 6) is -0.162. The molecule has 0 aromatic carbocycles. The van der Waals surface area contributed by atoms with Crippen LogP contribution in [0.4, 0.5) is 0 Å². The minimum Gasteiger partial charge on any atom is -0.351 e. The van der Waals surface area contributed by atoms with Gasteiger partial charge in [0.15, 0.2) is 0 Å². The average Bonchev–Trinajstić information content (AvgIpc) is 3.25. The van der Waals surface area contributed by atoms with Gasteiger partial charge in [-0.25, -0.2) is 4.68 Å². The molecule has 3 aromatic heterocycles. The Hall–Kier alpha value is -2.90. The third-order valence-corrected chi connectivity index (χ3v) is 4.19. The average molecular weight is 355 g/mol. The molecule has 1 N–H and O–H groups in total. The lowest BCUT2D eigenvalue weighted by molar-refractivity contribution is 0.0946. The van der Waals surface area contributed by atoms with Gasteiger partial charge in [0, 0.05) is 30.7 Å². The summed E-state index contributed by atoms with van der Waals surface area (Å²) >= 11 is 0. The first-order valence-electron chi connectivity index (χ1n) is 8.76. The molecule has 0 unspecified atom stereocenters. The molecule has 0 radical (unpaired) electrons. The van der Waals surface area contributed by atoms with Crippen LogP contribution in [0.15, 0.2) is 24.4 Å². The van der Waals surface area contributed by atoms with Crippen LogP contribution < -0.4 is 5.32 Å². The van der Waals surface area contributed by atoms with Gasteiger partial charge in [0.2, 0.25) is 0 Å². The van der Waals surface area contributed by atoms with E-state index in [9.17, 15) is 4.79 Å². The predicted octanol–water partition coefficient (Wildman–Crippen LogP) is 1.84. The van der Waals surface area contributed by atoms with E-state index in [2.05, 4.69) is 20.6 Å². The number of nitrogens with zero attached hydrogens (tertiary/aromatic N) is 6. The highest BCUT2D eigenvalue weighted by Crippen LogP contribution is 2.04. The maximum Gasteiger partial charge on any atom is 0.271 e. The summed E-state index contributed by atoms with van der Waals surface area (Å²) in [6.07, 6.45) is 2.61. The SMILES string of the molecule is Cc1cc(C)n(CCCNC(=O)c2ccn(Cn3nc(C)cc3C)n2)n1. The Morgan fingerprint density at radius 3 is 2.27 bits per heavy atom. The number of nitrogens with one attached hydrogen (secondary N) is 1. The number of carbonyl (C=O) groups is 1. The van der Waals surface area contributed by atoms with Crippen LogP contribution in [-0.2, 0) is 13.2 Å². The van der Waals surface area contributed by atoms with E-state index in [1.54, 1.807) is 16.9 Å². The molecule has 1 amide bonds. The molecular formula is C18H25N7O. The Morgan fingerprint density at radius 1 is 1.00 bits per heavy atom. The molecule has 26 heavy (non-hydrogen) atoms. The van der Waals surface area contributed by atoms with E-state index < -0.39 is 0 Å². The van der Waals surface area contributed by atoms with Crippen molar-refractivity contribution >= 4 is 5.91 Å². The maximum atomic E-state index is 12.2. The van der Waals surface area contributed by atoms with E-state index in [1.807, 2.05) is 49.2 Å². The summed E-state index contributed by atoms with van der Waals surface area (Å²) in [6.45, 7) is 9.83. The fourth-order valence-electron chi connectivity index (χ4n) is 2.94. The standard InChI is InChI=1S/C18H25N7O/c1-13-10-15(3)24(20-13)8-5-7-19-18(26)17-6-9-23(22-17)12-25-16(4)11-14(2)21-25/h6,9-11H,5,7-8,12H2,1-4H3,(H,19,26). The zero-order valence-corrected chi connectivity index (χ0v) is 15.7. The van der Waals surface area contributed by atoms with Gasteiger partial charge in [-0.1, -0.05) is 0 Å². The van der Waals surface area contributed by atoms with Crippen LogP contribution in [0.2, 0.25) is 0 Å². The lowest BCUT2D eigenvalue weighted by Crippen LogP contribution is -2.26. The molecule has 0 atom stereocenters. The van der Waals surface area contributed by atoms with Crippen molar-refractivity contribution in [3.8, 4) is 0 Å². The molecule has 0 saturated carbocycles. The molecule has 0 aliphatic carbocycles. The summed E-state index contributed by atoms with van der Waals surface area (Å²) in [7, 11) is 0. The van der Waals surface area contributed by atoms with E-state index in [0.717, 1.165) is 35.7 Å². The van der Waals surface area contributed by atoms with Crippen LogP contribution in [0.5, 0.6) is 0 Å². The minimum absolute atomic E-state index is 0.162. The third kappa shape index (κ3) is 4.19. The summed E-state index contributed by atoms with van der Waals surface area (Å²) in [4.78, 5) is 12.2. The van der Waals surface area contributed by atoms with Gasteiger partial charge in [0.1, 0.15) is 12.4 Å². The molecule has 0 bridgehead atoms. The van der Waals surface area contributed by atoms with E-state index >= 15 is 0 Å². The van der Waals surface area contributed by atoms with Crippen molar-refractivity contribution in [3.05, 3.63) is 52.9 Å². The minimum atomic E-state index is -0.162. The highest BCUT2D eigenvalue weighted by molar-refractivity contribution is 5.92. The summed E-state index contributed by atoms with van der Waals surface area (Å²) in [5, 5.41) is 16.1. The van der Waals surface area contributed by atoms with Gasteiger partial charge in [-0.05, 0) is 52.3 Å². The van der Waals surface area contributed by atoms with Crippen LogP contribution in [0.25, 0.3) is 0 Å². The van der Waals surface area contributed by atoms with E-state index in [4.69, 9.17) is 0 Å². The zero-order valence-electron chi connectivity index (χ0n) is 15.7. The van der Waals surface area contributed by atoms with Gasteiger partial charge in [0.25, 0.3) is 5.91 Å². The summed E-state index contributed by atoms with van der Waals surface area (Å²) < 4.78 is 5.53. The number of hydrogen-bond donors (Lipinski definition) is 1. The Bertz CT molecular complexity index is 903. The van der Waals surface area contributed by atoms with Crippen molar-refractivity contribution in [2.75, 3.05) is 6.54 Å². The van der Waals surface area contributed by atoms with Gasteiger partial charge in [0.05, 0.1) is 11.4 Å². The molecule has 0 aliphatic heterocycles. The monoisotopic (exact) mass is 355 g/mol. The van der Waals surface area contributed by atoms with Crippen LogP contribution in [0.3, 0.4) is 0 Å². The highest BCUT2D eigenvalue weighted by Gasteiger charge is 2.10. The predicted molar refractivity (Wildman–Crippen MR) is 98.0 cm³/mol. The number of aromatic nitrogens is 6. The topological polar surface area (TPSA) is 82.6 Å². The number of hydrogen-bond acceptors (Lipinski definition) is 4. The molecule has 0 spiro atoms. The van der Waals surface area contributed by atoms with Crippen molar-refractivity contribution < 1.29 is 4.79 Å².